The number of furan rings is 1. The predicted octanol–water partition coefficient (Wildman–Crippen LogP) is 5.70. The summed E-state index contributed by atoms with van der Waals surface area (Å²) in [7, 11) is 0. The fourth-order valence-corrected chi connectivity index (χ4v) is 4.30. The van der Waals surface area contributed by atoms with Crippen molar-refractivity contribution in [2.45, 2.75) is 71.1 Å². The van der Waals surface area contributed by atoms with E-state index in [0.29, 0.717) is 11.8 Å². The van der Waals surface area contributed by atoms with Crippen molar-refractivity contribution < 1.29 is 13.5 Å². The smallest absolute Gasteiger partial charge is 0.123 e. The highest BCUT2D eigenvalue weighted by atomic mass is 19.1. The Bertz CT molecular complexity index is 693. The molecule has 2 heterocycles. The molecule has 1 fully saturated rings. The van der Waals surface area contributed by atoms with Gasteiger partial charge in [-0.25, -0.2) is 4.39 Å². The minimum absolute atomic E-state index is 0.00795. The lowest BCUT2D eigenvalue weighted by atomic mass is 9.66. The summed E-state index contributed by atoms with van der Waals surface area (Å²) >= 11 is 0. The highest BCUT2D eigenvalue weighted by Gasteiger charge is 2.43. The van der Waals surface area contributed by atoms with E-state index in [-0.39, 0.29) is 23.4 Å². The van der Waals surface area contributed by atoms with Crippen molar-refractivity contribution in [2.24, 2.45) is 11.8 Å². The van der Waals surface area contributed by atoms with Gasteiger partial charge in [0.15, 0.2) is 0 Å². The highest BCUT2D eigenvalue weighted by molar-refractivity contribution is 5.27. The standard InChI is InChI=1S/C24H34FNO2/c1-17(2)22-14-24(15-23(28-22)18(3)4,19-7-9-20(25)10-8-19)11-12-26-16-21-6-5-13-27-21/h5-10,13,17-18,22-23,26H,11-12,14-16H2,1-4H3. The van der Waals surface area contributed by atoms with Crippen LogP contribution in [0.3, 0.4) is 0 Å². The van der Waals surface area contributed by atoms with Gasteiger partial charge in [0.05, 0.1) is 25.0 Å². The van der Waals surface area contributed by atoms with Crippen LogP contribution in [-0.2, 0) is 16.7 Å². The third kappa shape index (κ3) is 5.03. The third-order valence-corrected chi connectivity index (χ3v) is 6.14. The van der Waals surface area contributed by atoms with E-state index in [1.807, 2.05) is 24.3 Å². The van der Waals surface area contributed by atoms with Crippen LogP contribution < -0.4 is 5.32 Å². The van der Waals surface area contributed by atoms with Crippen LogP contribution in [0.5, 0.6) is 0 Å². The minimum atomic E-state index is -0.178. The second-order valence-electron chi connectivity index (χ2n) is 8.90. The molecule has 2 unspecified atom stereocenters. The Hall–Kier alpha value is -1.65. The molecule has 0 radical (unpaired) electrons. The van der Waals surface area contributed by atoms with Gasteiger partial charge in [-0.2, -0.15) is 0 Å². The largest absolute Gasteiger partial charge is 0.468 e. The quantitative estimate of drug-likeness (QED) is 0.590. The summed E-state index contributed by atoms with van der Waals surface area (Å²) in [5.74, 6) is 1.68. The Labute approximate surface area is 168 Å². The van der Waals surface area contributed by atoms with Crippen LogP contribution in [0, 0.1) is 17.7 Å². The van der Waals surface area contributed by atoms with Crippen LogP contribution >= 0.6 is 0 Å². The zero-order chi connectivity index (χ0) is 20.1. The molecule has 0 aliphatic carbocycles. The van der Waals surface area contributed by atoms with Crippen molar-refractivity contribution in [1.82, 2.24) is 5.32 Å². The Kier molecular flexibility index (Phi) is 6.95. The first-order chi connectivity index (χ1) is 13.4. The number of hydrogen-bond acceptors (Lipinski definition) is 3. The Morgan fingerprint density at radius 1 is 1.04 bits per heavy atom. The molecular formula is C24H34FNO2. The van der Waals surface area contributed by atoms with Gasteiger partial charge in [-0.3, -0.25) is 0 Å². The molecular weight excluding hydrogens is 353 g/mol. The average Bonchev–Trinajstić information content (AvgIpc) is 3.19. The number of hydrogen-bond donors (Lipinski definition) is 1. The van der Waals surface area contributed by atoms with Gasteiger partial charge in [-0.05, 0) is 67.5 Å². The summed E-state index contributed by atoms with van der Waals surface area (Å²) in [4.78, 5) is 0. The molecule has 1 aliphatic heterocycles. The maximum absolute atomic E-state index is 13.6. The van der Waals surface area contributed by atoms with E-state index in [4.69, 9.17) is 9.15 Å². The Morgan fingerprint density at radius 3 is 2.21 bits per heavy atom. The van der Waals surface area contributed by atoms with Gasteiger partial charge in [0.1, 0.15) is 11.6 Å². The summed E-state index contributed by atoms with van der Waals surface area (Å²) in [6.45, 7) is 10.5. The highest BCUT2D eigenvalue weighted by Crippen LogP contribution is 2.45. The summed E-state index contributed by atoms with van der Waals surface area (Å²) in [6, 6.07) is 11.0. The SMILES string of the molecule is CC(C)C1CC(CCNCc2ccco2)(c2ccc(F)cc2)CC(C(C)C)O1. The Balaban J connectivity index is 1.81. The van der Waals surface area contributed by atoms with E-state index >= 15 is 0 Å². The van der Waals surface area contributed by atoms with Crippen LogP contribution in [0.2, 0.25) is 0 Å². The fourth-order valence-electron chi connectivity index (χ4n) is 4.30. The molecule has 1 saturated heterocycles. The van der Waals surface area contributed by atoms with Crippen molar-refractivity contribution in [2.75, 3.05) is 6.54 Å². The summed E-state index contributed by atoms with van der Waals surface area (Å²) < 4.78 is 25.5. The first-order valence-electron chi connectivity index (χ1n) is 10.5. The summed E-state index contributed by atoms with van der Waals surface area (Å²) in [6.07, 6.45) is 5.09. The minimum Gasteiger partial charge on any atom is -0.468 e. The number of ether oxygens (including phenoxy) is 1. The molecule has 1 aromatic carbocycles. The van der Waals surface area contributed by atoms with Crippen molar-refractivity contribution in [1.29, 1.82) is 0 Å². The molecule has 1 N–H and O–H groups in total. The fraction of sp³-hybridized carbons (Fsp3) is 0.583. The van der Waals surface area contributed by atoms with Crippen molar-refractivity contribution >= 4 is 0 Å². The zero-order valence-electron chi connectivity index (χ0n) is 17.6. The lowest BCUT2D eigenvalue weighted by Crippen LogP contribution is -2.48. The molecule has 1 aliphatic rings. The lowest BCUT2D eigenvalue weighted by Gasteiger charge is -2.48. The summed E-state index contributed by atoms with van der Waals surface area (Å²) in [5, 5.41) is 3.52. The van der Waals surface area contributed by atoms with Gasteiger partial charge in [-0.1, -0.05) is 39.8 Å². The molecule has 1 aromatic heterocycles. The van der Waals surface area contributed by atoms with Gasteiger partial charge in [0, 0.05) is 5.41 Å². The molecule has 154 valence electrons. The van der Waals surface area contributed by atoms with Gasteiger partial charge >= 0.3 is 0 Å². The topological polar surface area (TPSA) is 34.4 Å². The number of rotatable bonds is 8. The van der Waals surface area contributed by atoms with E-state index in [0.717, 1.165) is 38.1 Å². The van der Waals surface area contributed by atoms with Crippen LogP contribution in [-0.4, -0.2) is 18.8 Å². The van der Waals surface area contributed by atoms with E-state index in [9.17, 15) is 4.39 Å². The van der Waals surface area contributed by atoms with Crippen molar-refractivity contribution in [3.05, 3.63) is 59.8 Å². The molecule has 3 nitrogen and oxygen atoms in total. The first kappa shape index (κ1) is 21.1. The number of nitrogens with one attached hydrogen (secondary N) is 1. The van der Waals surface area contributed by atoms with Gasteiger partial charge < -0.3 is 14.5 Å². The molecule has 0 saturated carbocycles. The van der Waals surface area contributed by atoms with Crippen molar-refractivity contribution in [3.8, 4) is 0 Å². The van der Waals surface area contributed by atoms with Gasteiger partial charge in [-0.15, -0.1) is 0 Å². The van der Waals surface area contributed by atoms with E-state index in [2.05, 4.69) is 33.0 Å². The van der Waals surface area contributed by atoms with E-state index in [1.165, 1.54) is 5.56 Å². The van der Waals surface area contributed by atoms with E-state index < -0.39 is 0 Å². The predicted molar refractivity (Wildman–Crippen MR) is 111 cm³/mol. The first-order valence-corrected chi connectivity index (χ1v) is 10.5. The van der Waals surface area contributed by atoms with Crippen LogP contribution in [0.15, 0.2) is 47.1 Å². The average molecular weight is 388 g/mol. The second kappa shape index (κ2) is 9.23. The summed E-state index contributed by atoms with van der Waals surface area (Å²) in [5.41, 5.74) is 1.22. The molecule has 28 heavy (non-hydrogen) atoms. The number of halogens is 1. The maximum atomic E-state index is 13.6. The van der Waals surface area contributed by atoms with Crippen LogP contribution in [0.1, 0.15) is 58.3 Å². The molecule has 0 amide bonds. The van der Waals surface area contributed by atoms with Crippen molar-refractivity contribution in [3.63, 3.8) is 0 Å². The molecule has 2 aromatic rings. The lowest BCUT2D eigenvalue weighted by molar-refractivity contribution is -0.118. The third-order valence-electron chi connectivity index (χ3n) is 6.14. The molecule has 2 atom stereocenters. The maximum Gasteiger partial charge on any atom is 0.123 e. The zero-order valence-corrected chi connectivity index (χ0v) is 17.6. The Morgan fingerprint density at radius 2 is 1.68 bits per heavy atom. The van der Waals surface area contributed by atoms with Crippen LogP contribution in [0.4, 0.5) is 4.39 Å². The van der Waals surface area contributed by atoms with Crippen LogP contribution in [0.25, 0.3) is 0 Å². The second-order valence-corrected chi connectivity index (χ2v) is 8.90. The van der Waals surface area contributed by atoms with E-state index in [1.54, 1.807) is 18.4 Å². The molecule has 4 heteroatoms. The molecule has 0 bridgehead atoms. The van der Waals surface area contributed by atoms with Gasteiger partial charge in [0.2, 0.25) is 0 Å². The normalized spacial score (nSPS) is 25.5. The molecule has 0 spiro atoms. The monoisotopic (exact) mass is 387 g/mol. The van der Waals surface area contributed by atoms with Gasteiger partial charge in [0.25, 0.3) is 0 Å². The molecule has 3 rings (SSSR count). The number of benzene rings is 1.